The van der Waals surface area contributed by atoms with Crippen LogP contribution in [0.5, 0.6) is 0 Å². The zero-order chi connectivity index (χ0) is 14.1. The third kappa shape index (κ3) is 12.9. The molecule has 0 unspecified atom stereocenters. The average molecular weight is 279 g/mol. The SMILES string of the molecule is CC(C)OB(OC(C)C)c1nccs1.CC(C)[O-].[Li+]. The van der Waals surface area contributed by atoms with Crippen LogP contribution in [0.3, 0.4) is 0 Å². The van der Waals surface area contributed by atoms with Crippen LogP contribution in [0.4, 0.5) is 0 Å². The Morgan fingerprint density at radius 3 is 1.79 bits per heavy atom. The molecule has 1 heterocycles. The molecule has 4 nitrogen and oxygen atoms in total. The van der Waals surface area contributed by atoms with Gasteiger partial charge in [0.05, 0.1) is 0 Å². The summed E-state index contributed by atoms with van der Waals surface area (Å²) in [5, 5.41) is 11.5. The van der Waals surface area contributed by atoms with Gasteiger partial charge in [0, 0.05) is 23.8 Å². The van der Waals surface area contributed by atoms with Crippen LogP contribution in [-0.4, -0.2) is 30.4 Å². The first-order chi connectivity index (χ1) is 8.32. The fraction of sp³-hybridized carbons (Fsp3) is 0.750. The largest absolute Gasteiger partial charge is 1.00 e. The maximum absolute atomic E-state index is 9.53. The van der Waals surface area contributed by atoms with E-state index in [0.717, 1.165) is 4.91 Å². The molecule has 0 aliphatic carbocycles. The van der Waals surface area contributed by atoms with Crippen molar-refractivity contribution in [1.82, 2.24) is 4.98 Å². The van der Waals surface area contributed by atoms with Gasteiger partial charge >= 0.3 is 26.0 Å². The quantitative estimate of drug-likeness (QED) is 0.612. The van der Waals surface area contributed by atoms with Gasteiger partial charge in [-0.25, -0.2) is 0 Å². The Hall–Kier alpha value is 0.172. The van der Waals surface area contributed by atoms with Crippen molar-refractivity contribution in [3.8, 4) is 0 Å². The van der Waals surface area contributed by atoms with Gasteiger partial charge in [0.2, 0.25) is 0 Å². The first-order valence-corrected chi connectivity index (χ1v) is 7.07. The van der Waals surface area contributed by atoms with Crippen LogP contribution in [0, 0.1) is 0 Å². The van der Waals surface area contributed by atoms with Crippen molar-refractivity contribution in [2.24, 2.45) is 0 Å². The third-order valence-corrected chi connectivity index (χ3v) is 2.24. The second kappa shape index (κ2) is 12.0. The number of aromatic nitrogens is 1. The molecule has 0 N–H and O–H groups in total. The molecule has 7 heteroatoms. The summed E-state index contributed by atoms with van der Waals surface area (Å²) in [7, 11) is -0.324. The van der Waals surface area contributed by atoms with E-state index in [1.54, 1.807) is 31.4 Å². The van der Waals surface area contributed by atoms with Crippen LogP contribution in [0.2, 0.25) is 0 Å². The molecule has 1 aromatic heterocycles. The smallest absolute Gasteiger partial charge is 0.852 e. The summed E-state index contributed by atoms with van der Waals surface area (Å²) in [6.45, 7) is 11.2. The Balaban J connectivity index is 0. The Kier molecular flexibility index (Phi) is 13.5. The van der Waals surface area contributed by atoms with E-state index in [1.807, 2.05) is 33.1 Å². The van der Waals surface area contributed by atoms with Crippen LogP contribution in [0.25, 0.3) is 0 Å². The maximum Gasteiger partial charge on any atom is 1.00 e. The monoisotopic (exact) mass is 279 g/mol. The molecule has 0 fully saturated rings. The second-order valence-electron chi connectivity index (χ2n) is 4.62. The van der Waals surface area contributed by atoms with Crippen molar-refractivity contribution in [2.75, 3.05) is 0 Å². The molecular formula is C12H23BLiNO3S. The standard InChI is InChI=1S/C9H16BNO2S.C3H7O.Li/c1-7(2)12-10(13-8(3)4)9-11-5-6-14-9;1-3(2)4;/h5-8H,1-4H3;3H,1-2H3;/q;-1;+1. The van der Waals surface area contributed by atoms with Gasteiger partial charge < -0.3 is 14.4 Å². The Labute approximate surface area is 133 Å². The summed E-state index contributed by atoms with van der Waals surface area (Å²) in [4.78, 5) is 5.07. The van der Waals surface area contributed by atoms with Gasteiger partial charge in [-0.2, -0.15) is 0 Å². The topological polar surface area (TPSA) is 54.4 Å². The van der Waals surface area contributed by atoms with E-state index >= 15 is 0 Å². The number of nitrogens with zero attached hydrogens (tertiary/aromatic N) is 1. The van der Waals surface area contributed by atoms with Crippen LogP contribution in [0.15, 0.2) is 11.6 Å². The summed E-state index contributed by atoms with van der Waals surface area (Å²) in [5.41, 5.74) is 0. The van der Waals surface area contributed by atoms with Crippen LogP contribution in [-0.2, 0) is 9.31 Å². The number of rotatable bonds is 5. The van der Waals surface area contributed by atoms with Crippen molar-refractivity contribution in [3.05, 3.63) is 11.6 Å². The van der Waals surface area contributed by atoms with Crippen LogP contribution < -0.4 is 28.9 Å². The minimum Gasteiger partial charge on any atom is -0.852 e. The average Bonchev–Trinajstić information content (AvgIpc) is 2.66. The van der Waals surface area contributed by atoms with Gasteiger partial charge in [0.15, 0.2) is 0 Å². The van der Waals surface area contributed by atoms with E-state index < -0.39 is 6.10 Å². The Morgan fingerprint density at radius 1 is 1.11 bits per heavy atom. The number of hydrogen-bond acceptors (Lipinski definition) is 5. The zero-order valence-corrected chi connectivity index (χ0v) is 13.9. The van der Waals surface area contributed by atoms with Crippen molar-refractivity contribution in [2.45, 2.75) is 59.9 Å². The molecule has 19 heavy (non-hydrogen) atoms. The van der Waals surface area contributed by atoms with Gasteiger partial charge in [-0.05, 0) is 27.7 Å². The molecule has 0 atom stereocenters. The van der Waals surface area contributed by atoms with E-state index in [2.05, 4.69) is 4.98 Å². The van der Waals surface area contributed by atoms with Gasteiger partial charge in [0.1, 0.15) is 4.91 Å². The van der Waals surface area contributed by atoms with Gasteiger partial charge in [-0.3, -0.25) is 4.98 Å². The zero-order valence-electron chi connectivity index (χ0n) is 13.0. The fourth-order valence-corrected chi connectivity index (χ4v) is 1.60. The van der Waals surface area contributed by atoms with Crippen molar-refractivity contribution in [3.63, 3.8) is 0 Å². The van der Waals surface area contributed by atoms with Gasteiger partial charge in [0.25, 0.3) is 0 Å². The van der Waals surface area contributed by atoms with Crippen molar-refractivity contribution in [1.29, 1.82) is 0 Å². The predicted molar refractivity (Wildman–Crippen MR) is 75.1 cm³/mol. The summed E-state index contributed by atoms with van der Waals surface area (Å²) < 4.78 is 11.3. The third-order valence-electron chi connectivity index (χ3n) is 1.44. The molecule has 1 aromatic rings. The second-order valence-corrected chi connectivity index (χ2v) is 5.55. The van der Waals surface area contributed by atoms with Gasteiger partial charge in [-0.15, -0.1) is 17.4 Å². The molecule has 0 aromatic carbocycles. The predicted octanol–water partition coefficient (Wildman–Crippen LogP) is -1.55. The summed E-state index contributed by atoms with van der Waals surface area (Å²) in [5.74, 6) is 0. The molecule has 0 saturated carbocycles. The van der Waals surface area contributed by atoms with Gasteiger partial charge in [-0.1, -0.05) is 13.8 Å². The van der Waals surface area contributed by atoms with Crippen LogP contribution >= 0.6 is 11.3 Å². The van der Waals surface area contributed by atoms with E-state index in [9.17, 15) is 5.11 Å². The normalized spacial score (nSPS) is 10.2. The minimum absolute atomic E-state index is 0. The maximum atomic E-state index is 9.53. The number of hydrogen-bond donors (Lipinski definition) is 0. The molecule has 0 radical (unpaired) electrons. The molecule has 1 rings (SSSR count). The molecule has 0 bridgehead atoms. The molecule has 0 amide bonds. The fourth-order valence-electron chi connectivity index (χ4n) is 0.994. The molecule has 104 valence electrons. The molecular weight excluding hydrogens is 256 g/mol. The first kappa shape index (κ1) is 21.5. The van der Waals surface area contributed by atoms with Crippen molar-refractivity contribution < 1.29 is 33.3 Å². The molecule has 0 aliphatic rings. The number of thiazole rings is 1. The van der Waals surface area contributed by atoms with E-state index in [4.69, 9.17) is 9.31 Å². The molecule has 0 aliphatic heterocycles. The first-order valence-electron chi connectivity index (χ1n) is 6.19. The Bertz CT molecular complexity index is 284. The summed E-state index contributed by atoms with van der Waals surface area (Å²) >= 11 is 1.55. The molecule has 0 spiro atoms. The van der Waals surface area contributed by atoms with Crippen molar-refractivity contribution >= 4 is 23.4 Å². The molecule has 0 saturated heterocycles. The minimum atomic E-state index is -0.417. The van der Waals surface area contributed by atoms with E-state index in [-0.39, 0.29) is 38.2 Å². The van der Waals surface area contributed by atoms with Crippen LogP contribution in [0.1, 0.15) is 41.5 Å². The summed E-state index contributed by atoms with van der Waals surface area (Å²) in [6, 6.07) is 0. The summed E-state index contributed by atoms with van der Waals surface area (Å²) in [6.07, 6.45) is 1.63. The van der Waals surface area contributed by atoms with E-state index in [0.29, 0.717) is 0 Å². The van der Waals surface area contributed by atoms with E-state index in [1.165, 1.54) is 0 Å². The Morgan fingerprint density at radius 2 is 1.53 bits per heavy atom.